The van der Waals surface area contributed by atoms with Gasteiger partial charge in [-0.25, -0.2) is 0 Å². The fourth-order valence-corrected chi connectivity index (χ4v) is 2.32. The standard InChI is InChI=1S/C8H15NO2S/c1-2-8(10)7-9-3-5-12(11)6-4-9/h2-7H2,1H3. The number of carbonyl (C=O) groups is 1. The largest absolute Gasteiger partial charge is 0.298 e. The van der Waals surface area contributed by atoms with Gasteiger partial charge in [-0.15, -0.1) is 0 Å². The number of hydrogen-bond acceptors (Lipinski definition) is 3. The van der Waals surface area contributed by atoms with Gasteiger partial charge in [0.25, 0.3) is 0 Å². The summed E-state index contributed by atoms with van der Waals surface area (Å²) >= 11 is 0. The molecule has 1 heterocycles. The van der Waals surface area contributed by atoms with Crippen molar-refractivity contribution in [2.75, 3.05) is 31.1 Å². The van der Waals surface area contributed by atoms with Crippen LogP contribution < -0.4 is 0 Å². The molecule has 0 amide bonds. The maximum Gasteiger partial charge on any atom is 0.146 e. The molecule has 0 aliphatic carbocycles. The molecule has 1 fully saturated rings. The summed E-state index contributed by atoms with van der Waals surface area (Å²) in [6.07, 6.45) is 0.611. The van der Waals surface area contributed by atoms with E-state index < -0.39 is 10.8 Å². The van der Waals surface area contributed by atoms with E-state index in [1.54, 1.807) is 0 Å². The molecule has 0 aromatic carbocycles. The lowest BCUT2D eigenvalue weighted by Gasteiger charge is -2.24. The van der Waals surface area contributed by atoms with Crippen LogP contribution in [0.3, 0.4) is 0 Å². The fourth-order valence-electron chi connectivity index (χ4n) is 1.20. The van der Waals surface area contributed by atoms with E-state index >= 15 is 0 Å². The molecule has 0 saturated carbocycles. The number of carbonyl (C=O) groups excluding carboxylic acids is 1. The Labute approximate surface area is 75.6 Å². The van der Waals surface area contributed by atoms with Crippen LogP contribution in [-0.4, -0.2) is 46.0 Å². The molecule has 0 spiro atoms. The van der Waals surface area contributed by atoms with Gasteiger partial charge in [-0.1, -0.05) is 6.92 Å². The molecule has 0 aromatic rings. The SMILES string of the molecule is CCC(=O)CN1CCS(=O)CC1. The van der Waals surface area contributed by atoms with Crippen LogP contribution in [0.2, 0.25) is 0 Å². The lowest BCUT2D eigenvalue weighted by Crippen LogP contribution is -2.40. The maximum absolute atomic E-state index is 11.0. The normalized spacial score (nSPS) is 21.1. The summed E-state index contributed by atoms with van der Waals surface area (Å²) < 4.78 is 11.0. The summed E-state index contributed by atoms with van der Waals surface area (Å²) in [5.74, 6) is 1.75. The summed E-state index contributed by atoms with van der Waals surface area (Å²) in [6, 6.07) is 0. The third-order valence-corrected chi connectivity index (χ3v) is 3.34. The Kier molecular flexibility index (Phi) is 3.88. The number of rotatable bonds is 3. The first-order valence-corrected chi connectivity index (χ1v) is 5.80. The van der Waals surface area contributed by atoms with Gasteiger partial charge >= 0.3 is 0 Å². The number of hydrogen-bond donors (Lipinski definition) is 0. The molecule has 0 radical (unpaired) electrons. The molecule has 3 nitrogen and oxygen atoms in total. The van der Waals surface area contributed by atoms with Crippen molar-refractivity contribution in [1.29, 1.82) is 0 Å². The van der Waals surface area contributed by atoms with Gasteiger partial charge in [-0.2, -0.15) is 0 Å². The Morgan fingerprint density at radius 3 is 2.50 bits per heavy atom. The van der Waals surface area contributed by atoms with E-state index in [-0.39, 0.29) is 5.78 Å². The summed E-state index contributed by atoms with van der Waals surface area (Å²) in [4.78, 5) is 13.1. The second-order valence-corrected chi connectivity index (χ2v) is 4.71. The minimum atomic E-state index is -0.631. The van der Waals surface area contributed by atoms with Crippen LogP contribution in [0.5, 0.6) is 0 Å². The van der Waals surface area contributed by atoms with Crippen molar-refractivity contribution >= 4 is 16.6 Å². The van der Waals surface area contributed by atoms with Crippen LogP contribution in [0.1, 0.15) is 13.3 Å². The molecule has 0 aromatic heterocycles. The second kappa shape index (κ2) is 4.72. The zero-order valence-electron chi connectivity index (χ0n) is 7.41. The van der Waals surface area contributed by atoms with Crippen molar-refractivity contribution < 1.29 is 9.00 Å². The molecule has 1 rings (SSSR count). The molecule has 12 heavy (non-hydrogen) atoms. The van der Waals surface area contributed by atoms with Crippen molar-refractivity contribution in [3.05, 3.63) is 0 Å². The van der Waals surface area contributed by atoms with Crippen LogP contribution in [0.25, 0.3) is 0 Å². The van der Waals surface area contributed by atoms with Gasteiger partial charge in [-0.3, -0.25) is 13.9 Å². The molecule has 0 unspecified atom stereocenters. The average Bonchev–Trinajstić information content (AvgIpc) is 2.09. The third-order valence-electron chi connectivity index (χ3n) is 2.06. The van der Waals surface area contributed by atoms with E-state index in [2.05, 4.69) is 4.90 Å². The molecule has 1 saturated heterocycles. The predicted molar refractivity (Wildman–Crippen MR) is 49.6 cm³/mol. The van der Waals surface area contributed by atoms with Crippen molar-refractivity contribution in [2.24, 2.45) is 0 Å². The molecule has 1 aliphatic rings. The van der Waals surface area contributed by atoms with Crippen molar-refractivity contribution in [3.63, 3.8) is 0 Å². The third kappa shape index (κ3) is 3.03. The Hall–Kier alpha value is -0.220. The fraction of sp³-hybridized carbons (Fsp3) is 0.875. The van der Waals surface area contributed by atoms with E-state index in [1.165, 1.54) is 0 Å². The number of ketones is 1. The minimum Gasteiger partial charge on any atom is -0.298 e. The molecule has 4 heteroatoms. The quantitative estimate of drug-likeness (QED) is 0.628. The molecular weight excluding hydrogens is 174 g/mol. The molecule has 1 aliphatic heterocycles. The Bertz CT molecular complexity index is 183. The van der Waals surface area contributed by atoms with Gasteiger partial charge in [0.1, 0.15) is 5.78 Å². The van der Waals surface area contributed by atoms with Gasteiger partial charge in [0, 0.05) is 41.8 Å². The van der Waals surface area contributed by atoms with Gasteiger partial charge in [0.05, 0.1) is 6.54 Å². The van der Waals surface area contributed by atoms with E-state index in [1.807, 2.05) is 6.92 Å². The first-order valence-electron chi connectivity index (χ1n) is 4.31. The zero-order chi connectivity index (χ0) is 8.97. The number of nitrogens with zero attached hydrogens (tertiary/aromatic N) is 1. The molecular formula is C8H15NO2S. The highest BCUT2D eigenvalue weighted by atomic mass is 32.2. The summed E-state index contributed by atoms with van der Waals surface area (Å²) in [5.41, 5.74) is 0. The van der Waals surface area contributed by atoms with Crippen molar-refractivity contribution in [1.82, 2.24) is 4.90 Å². The van der Waals surface area contributed by atoms with Crippen LogP contribution in [-0.2, 0) is 15.6 Å². The van der Waals surface area contributed by atoms with Gasteiger partial charge in [-0.05, 0) is 0 Å². The second-order valence-electron chi connectivity index (χ2n) is 3.02. The van der Waals surface area contributed by atoms with Crippen LogP contribution in [0, 0.1) is 0 Å². The van der Waals surface area contributed by atoms with Gasteiger partial charge in [0.15, 0.2) is 0 Å². The number of Topliss-reactive ketones (excluding diaryl/α,β-unsaturated/α-hetero) is 1. The highest BCUT2D eigenvalue weighted by molar-refractivity contribution is 7.85. The van der Waals surface area contributed by atoms with Crippen LogP contribution >= 0.6 is 0 Å². The highest BCUT2D eigenvalue weighted by Crippen LogP contribution is 2.00. The first-order chi connectivity index (χ1) is 5.72. The first kappa shape index (κ1) is 9.86. The Morgan fingerprint density at radius 1 is 1.42 bits per heavy atom. The highest BCUT2D eigenvalue weighted by Gasteiger charge is 2.16. The molecule has 0 bridgehead atoms. The predicted octanol–water partition coefficient (Wildman–Crippen LogP) is 0.0298. The lowest BCUT2D eigenvalue weighted by atomic mass is 10.3. The van der Waals surface area contributed by atoms with E-state index in [9.17, 15) is 9.00 Å². The van der Waals surface area contributed by atoms with Crippen LogP contribution in [0.15, 0.2) is 0 Å². The Balaban J connectivity index is 2.26. The van der Waals surface area contributed by atoms with Gasteiger partial charge < -0.3 is 0 Å². The van der Waals surface area contributed by atoms with Crippen LogP contribution in [0.4, 0.5) is 0 Å². The van der Waals surface area contributed by atoms with E-state index in [4.69, 9.17) is 0 Å². The molecule has 0 N–H and O–H groups in total. The topological polar surface area (TPSA) is 37.4 Å². The monoisotopic (exact) mass is 189 g/mol. The van der Waals surface area contributed by atoms with Crippen molar-refractivity contribution in [3.8, 4) is 0 Å². The summed E-state index contributed by atoms with van der Waals surface area (Å²) in [5, 5.41) is 0. The zero-order valence-corrected chi connectivity index (χ0v) is 8.23. The Morgan fingerprint density at radius 2 is 2.00 bits per heavy atom. The maximum atomic E-state index is 11.0. The molecule has 70 valence electrons. The van der Waals surface area contributed by atoms with Crippen molar-refractivity contribution in [2.45, 2.75) is 13.3 Å². The summed E-state index contributed by atoms with van der Waals surface area (Å²) in [7, 11) is -0.631. The average molecular weight is 189 g/mol. The van der Waals surface area contributed by atoms with E-state index in [0.29, 0.717) is 13.0 Å². The summed E-state index contributed by atoms with van der Waals surface area (Å²) in [6.45, 7) is 4.06. The lowest BCUT2D eigenvalue weighted by molar-refractivity contribution is -0.119. The smallest absolute Gasteiger partial charge is 0.146 e. The minimum absolute atomic E-state index is 0.280. The van der Waals surface area contributed by atoms with E-state index in [0.717, 1.165) is 24.6 Å². The molecule has 0 atom stereocenters. The van der Waals surface area contributed by atoms with Gasteiger partial charge in [0.2, 0.25) is 0 Å².